The molecule has 0 aliphatic heterocycles. The first-order valence-corrected chi connectivity index (χ1v) is 9.24. The monoisotopic (exact) mass is 350 g/mol. The predicted molar refractivity (Wildman–Crippen MR) is 93.2 cm³/mol. The fourth-order valence-electron chi connectivity index (χ4n) is 2.08. The Morgan fingerprint density at radius 1 is 1.33 bits per heavy atom. The van der Waals surface area contributed by atoms with Crippen LogP contribution in [0.3, 0.4) is 0 Å². The molecule has 1 aromatic heterocycles. The van der Waals surface area contributed by atoms with Gasteiger partial charge in [0, 0.05) is 22.9 Å². The van der Waals surface area contributed by atoms with Crippen molar-refractivity contribution in [3.8, 4) is 17.2 Å². The molecule has 0 saturated heterocycles. The zero-order valence-electron chi connectivity index (χ0n) is 14.1. The number of ether oxygens (including phenoxy) is 1. The van der Waals surface area contributed by atoms with E-state index in [2.05, 4.69) is 10.3 Å². The van der Waals surface area contributed by atoms with E-state index in [1.54, 1.807) is 14.0 Å². The largest absolute Gasteiger partial charge is 0.497 e. The highest BCUT2D eigenvalue weighted by Gasteiger charge is 2.16. The Morgan fingerprint density at radius 3 is 2.67 bits per heavy atom. The summed E-state index contributed by atoms with van der Waals surface area (Å²) in [6.45, 7) is 4.35. The molecule has 0 radical (unpaired) electrons. The molecule has 24 heavy (non-hydrogen) atoms. The second kappa shape index (κ2) is 8.63. The van der Waals surface area contributed by atoms with Crippen LogP contribution in [-0.4, -0.2) is 34.5 Å². The molecule has 1 aromatic carbocycles. The van der Waals surface area contributed by atoms with Crippen LogP contribution in [0.2, 0.25) is 0 Å². The van der Waals surface area contributed by atoms with Gasteiger partial charge in [0.15, 0.2) is 0 Å². The Labute approximate surface area is 144 Å². The lowest BCUT2D eigenvalue weighted by atomic mass is 10.2. The lowest BCUT2D eigenvalue weighted by Crippen LogP contribution is -2.29. The quantitative estimate of drug-likeness (QED) is 0.791. The minimum absolute atomic E-state index is 0.0236. The molecule has 1 atom stereocenters. The summed E-state index contributed by atoms with van der Waals surface area (Å²) in [5.74, 6) is 1.81. The first-order chi connectivity index (χ1) is 11.5. The van der Waals surface area contributed by atoms with Crippen LogP contribution >= 0.6 is 0 Å². The topological polar surface area (TPSA) is 81.4 Å². The van der Waals surface area contributed by atoms with Gasteiger partial charge in [-0.1, -0.05) is 6.92 Å². The molecule has 0 aliphatic rings. The van der Waals surface area contributed by atoms with Crippen molar-refractivity contribution in [2.24, 2.45) is 0 Å². The van der Waals surface area contributed by atoms with Crippen molar-refractivity contribution in [2.75, 3.05) is 19.4 Å². The van der Waals surface area contributed by atoms with Crippen molar-refractivity contribution in [3.05, 3.63) is 35.7 Å². The summed E-state index contributed by atoms with van der Waals surface area (Å²) in [6, 6.07) is 7.35. The number of hydrogen-bond acceptors (Lipinski definition) is 5. The minimum Gasteiger partial charge on any atom is -0.497 e. The van der Waals surface area contributed by atoms with Gasteiger partial charge in [-0.05, 0) is 37.6 Å². The summed E-state index contributed by atoms with van der Waals surface area (Å²) in [4.78, 5) is 16.0. The smallest absolute Gasteiger partial charge is 0.232 e. The van der Waals surface area contributed by atoms with Crippen molar-refractivity contribution < 1.29 is 18.2 Å². The highest BCUT2D eigenvalue weighted by molar-refractivity contribution is 7.84. The van der Waals surface area contributed by atoms with Crippen molar-refractivity contribution >= 4 is 16.7 Å². The SMILES string of the molecule is CCCNC(=O)C[S@@](=O)Cc1nc(-c2ccc(OC)cc2)oc1C. The second-order valence-corrected chi connectivity index (χ2v) is 6.79. The van der Waals surface area contributed by atoms with Gasteiger partial charge in [-0.3, -0.25) is 9.00 Å². The van der Waals surface area contributed by atoms with Crippen LogP contribution in [0.15, 0.2) is 28.7 Å². The average Bonchev–Trinajstić information content (AvgIpc) is 2.93. The Morgan fingerprint density at radius 2 is 2.04 bits per heavy atom. The number of hydrogen-bond donors (Lipinski definition) is 1. The molecule has 1 N–H and O–H groups in total. The third kappa shape index (κ3) is 4.92. The van der Waals surface area contributed by atoms with E-state index in [4.69, 9.17) is 9.15 Å². The summed E-state index contributed by atoms with van der Waals surface area (Å²) in [5.41, 5.74) is 1.43. The van der Waals surface area contributed by atoms with Crippen molar-refractivity contribution in [1.29, 1.82) is 0 Å². The molecule has 6 nitrogen and oxygen atoms in total. The molecule has 0 aliphatic carbocycles. The van der Waals surface area contributed by atoms with Gasteiger partial charge in [-0.2, -0.15) is 0 Å². The number of amides is 1. The Balaban J connectivity index is 2.02. The predicted octanol–water partition coefficient (Wildman–Crippen LogP) is 2.43. The van der Waals surface area contributed by atoms with Crippen molar-refractivity contribution in [1.82, 2.24) is 10.3 Å². The Kier molecular flexibility index (Phi) is 6.54. The van der Waals surface area contributed by atoms with Gasteiger partial charge in [0.25, 0.3) is 0 Å². The number of aromatic nitrogens is 1. The van der Waals surface area contributed by atoms with E-state index in [0.29, 0.717) is 23.9 Å². The van der Waals surface area contributed by atoms with Crippen molar-refractivity contribution in [2.45, 2.75) is 26.0 Å². The van der Waals surface area contributed by atoms with Gasteiger partial charge in [-0.25, -0.2) is 4.98 Å². The number of carbonyl (C=O) groups excluding carboxylic acids is 1. The van der Waals surface area contributed by atoms with Crippen LogP contribution in [-0.2, 0) is 21.3 Å². The molecule has 1 amide bonds. The average molecular weight is 350 g/mol. The molecule has 2 rings (SSSR count). The molecular weight excluding hydrogens is 328 g/mol. The third-order valence-electron chi connectivity index (χ3n) is 3.39. The maximum Gasteiger partial charge on any atom is 0.232 e. The number of rotatable bonds is 8. The number of nitrogens with zero attached hydrogens (tertiary/aromatic N) is 1. The van der Waals surface area contributed by atoms with Crippen LogP contribution in [0.4, 0.5) is 0 Å². The van der Waals surface area contributed by atoms with E-state index in [9.17, 15) is 9.00 Å². The Bertz CT molecular complexity index is 710. The van der Waals surface area contributed by atoms with E-state index in [1.165, 1.54) is 0 Å². The molecule has 0 spiro atoms. The lowest BCUT2D eigenvalue weighted by Gasteiger charge is -2.02. The molecular formula is C17H22N2O4S. The number of nitrogens with one attached hydrogen (secondary N) is 1. The minimum atomic E-state index is -1.32. The number of aryl methyl sites for hydroxylation is 1. The van der Waals surface area contributed by atoms with E-state index < -0.39 is 10.8 Å². The number of oxazole rings is 1. The maximum atomic E-state index is 12.1. The molecule has 0 saturated carbocycles. The van der Waals surface area contributed by atoms with E-state index in [0.717, 1.165) is 17.7 Å². The zero-order valence-corrected chi connectivity index (χ0v) is 14.9. The van der Waals surface area contributed by atoms with Gasteiger partial charge < -0.3 is 14.5 Å². The van der Waals surface area contributed by atoms with Crippen LogP contribution < -0.4 is 10.1 Å². The summed E-state index contributed by atoms with van der Waals surface area (Å²) < 4.78 is 22.9. The summed E-state index contributed by atoms with van der Waals surface area (Å²) in [6.07, 6.45) is 0.853. The molecule has 130 valence electrons. The summed E-state index contributed by atoms with van der Waals surface area (Å²) in [7, 11) is 0.288. The molecule has 0 bridgehead atoms. The molecule has 0 fully saturated rings. The van der Waals surface area contributed by atoms with Gasteiger partial charge in [-0.15, -0.1) is 0 Å². The van der Waals surface area contributed by atoms with Crippen LogP contribution in [0.1, 0.15) is 24.8 Å². The fourth-order valence-corrected chi connectivity index (χ4v) is 3.15. The number of carbonyl (C=O) groups is 1. The summed E-state index contributed by atoms with van der Waals surface area (Å²) >= 11 is 0. The summed E-state index contributed by atoms with van der Waals surface area (Å²) in [5, 5.41) is 2.72. The number of methoxy groups -OCH3 is 1. The van der Waals surface area contributed by atoms with E-state index in [1.807, 2.05) is 31.2 Å². The first-order valence-electron chi connectivity index (χ1n) is 7.76. The third-order valence-corrected chi connectivity index (χ3v) is 4.57. The van der Waals surface area contributed by atoms with Gasteiger partial charge in [0.05, 0.1) is 18.6 Å². The van der Waals surface area contributed by atoms with Gasteiger partial charge >= 0.3 is 0 Å². The molecule has 0 unspecified atom stereocenters. The van der Waals surface area contributed by atoms with E-state index >= 15 is 0 Å². The fraction of sp³-hybridized carbons (Fsp3) is 0.412. The maximum absolute atomic E-state index is 12.1. The standard InChI is InChI=1S/C17H22N2O4S/c1-4-9-18-16(20)11-24(21)10-15-12(2)23-17(19-15)13-5-7-14(22-3)8-6-13/h5-8H,4,9-11H2,1-3H3,(H,18,20)/t24-/m0/s1. The van der Waals surface area contributed by atoms with Crippen LogP contribution in [0.25, 0.3) is 11.5 Å². The van der Waals surface area contributed by atoms with Gasteiger partial charge in [0.2, 0.25) is 11.8 Å². The molecule has 7 heteroatoms. The highest BCUT2D eigenvalue weighted by Crippen LogP contribution is 2.24. The second-order valence-electron chi connectivity index (χ2n) is 5.33. The van der Waals surface area contributed by atoms with Crippen molar-refractivity contribution in [3.63, 3.8) is 0 Å². The normalized spacial score (nSPS) is 12.0. The zero-order chi connectivity index (χ0) is 17.5. The molecule has 1 heterocycles. The highest BCUT2D eigenvalue weighted by atomic mass is 32.2. The molecule has 2 aromatic rings. The van der Waals surface area contributed by atoms with Gasteiger partial charge in [0.1, 0.15) is 17.3 Å². The lowest BCUT2D eigenvalue weighted by molar-refractivity contribution is -0.118. The Hall–Kier alpha value is -2.15. The number of benzene rings is 1. The van der Waals surface area contributed by atoms with E-state index in [-0.39, 0.29) is 17.4 Å². The van der Waals surface area contributed by atoms with Crippen LogP contribution in [0, 0.1) is 6.92 Å². The first kappa shape index (κ1) is 18.2. The van der Waals surface area contributed by atoms with Crippen LogP contribution in [0.5, 0.6) is 5.75 Å².